The number of halogens is 2. The van der Waals surface area contributed by atoms with Crippen molar-refractivity contribution < 1.29 is 23.8 Å². The number of methoxy groups -OCH3 is 1. The summed E-state index contributed by atoms with van der Waals surface area (Å²) in [5.41, 5.74) is 1.66. The van der Waals surface area contributed by atoms with Crippen molar-refractivity contribution >= 4 is 34.7 Å². The lowest BCUT2D eigenvalue weighted by atomic mass is 9.95. The van der Waals surface area contributed by atoms with Crippen LogP contribution in [-0.4, -0.2) is 28.9 Å². The number of carbonyl (C=O) groups is 2. The minimum atomic E-state index is -1.00. The molecule has 8 heteroatoms. The lowest BCUT2D eigenvalue weighted by Crippen LogP contribution is -2.29. The highest BCUT2D eigenvalue weighted by Gasteiger charge is 2.47. The largest absolute Gasteiger partial charge is 0.507 e. The van der Waals surface area contributed by atoms with Crippen LogP contribution in [0.15, 0.2) is 66.5 Å². The number of anilines is 1. The molecule has 0 spiro atoms. The first-order chi connectivity index (χ1) is 15.3. The fourth-order valence-corrected chi connectivity index (χ4v) is 3.91. The maximum atomic E-state index is 13.8. The van der Waals surface area contributed by atoms with E-state index in [0.29, 0.717) is 11.3 Å². The molecule has 6 nitrogen and oxygen atoms in total. The van der Waals surface area contributed by atoms with Gasteiger partial charge in [0.05, 0.1) is 29.3 Å². The van der Waals surface area contributed by atoms with Gasteiger partial charge in [0.1, 0.15) is 17.3 Å². The molecule has 1 aromatic heterocycles. The van der Waals surface area contributed by atoms with Crippen LogP contribution in [0.4, 0.5) is 10.1 Å². The van der Waals surface area contributed by atoms with Crippen molar-refractivity contribution in [2.75, 3.05) is 12.0 Å². The molecule has 1 aliphatic heterocycles. The number of aromatic nitrogens is 1. The Kier molecular flexibility index (Phi) is 5.67. The Morgan fingerprint density at radius 3 is 2.62 bits per heavy atom. The average Bonchev–Trinajstić information content (AvgIpc) is 3.06. The summed E-state index contributed by atoms with van der Waals surface area (Å²) in [5, 5.41) is 11.0. The number of aliphatic hydroxyl groups is 1. The molecule has 1 amide bonds. The number of benzene rings is 2. The normalized spacial score (nSPS) is 17.6. The van der Waals surface area contributed by atoms with E-state index in [1.165, 1.54) is 30.3 Å². The van der Waals surface area contributed by atoms with Crippen molar-refractivity contribution in [1.29, 1.82) is 0 Å². The lowest BCUT2D eigenvalue weighted by molar-refractivity contribution is -0.132. The van der Waals surface area contributed by atoms with Gasteiger partial charge in [0.15, 0.2) is 0 Å². The van der Waals surface area contributed by atoms with Crippen molar-refractivity contribution in [3.63, 3.8) is 0 Å². The van der Waals surface area contributed by atoms with Crippen LogP contribution in [0.2, 0.25) is 5.02 Å². The van der Waals surface area contributed by atoms with E-state index < -0.39 is 23.5 Å². The highest BCUT2D eigenvalue weighted by Crippen LogP contribution is 2.43. The number of hydrogen-bond acceptors (Lipinski definition) is 5. The lowest BCUT2D eigenvalue weighted by Gasteiger charge is -2.25. The molecule has 1 atom stereocenters. The van der Waals surface area contributed by atoms with Gasteiger partial charge in [0, 0.05) is 18.1 Å². The number of ether oxygens (including phenoxy) is 1. The highest BCUT2D eigenvalue weighted by molar-refractivity contribution is 6.51. The van der Waals surface area contributed by atoms with Crippen LogP contribution < -0.4 is 9.64 Å². The minimum Gasteiger partial charge on any atom is -0.507 e. The summed E-state index contributed by atoms with van der Waals surface area (Å²) in [6.45, 7) is 1.83. The molecule has 162 valence electrons. The second-order valence-electron chi connectivity index (χ2n) is 7.26. The number of nitrogens with zero attached hydrogens (tertiary/aromatic N) is 2. The second kappa shape index (κ2) is 8.43. The summed E-state index contributed by atoms with van der Waals surface area (Å²) >= 11 is 5.93. The molecule has 1 fully saturated rings. The van der Waals surface area contributed by atoms with Crippen LogP contribution in [0, 0.1) is 12.7 Å². The summed E-state index contributed by atoms with van der Waals surface area (Å²) in [5.74, 6) is -2.47. The fourth-order valence-electron chi connectivity index (χ4n) is 3.74. The standard InChI is InChI=1S/C24H18ClFN2O4/c1-13-5-8-19(32-2)16(10-13)22(29)20-21(14-4-3-9-27-12-14)28(24(31)23(20)30)15-6-7-18(26)17(25)11-15/h3-12,21,29H,1-2H3/b22-20+. The van der Waals surface area contributed by atoms with Gasteiger partial charge < -0.3 is 9.84 Å². The number of aryl methyl sites for hydroxylation is 1. The number of amides is 1. The smallest absolute Gasteiger partial charge is 0.300 e. The zero-order valence-electron chi connectivity index (χ0n) is 17.2. The van der Waals surface area contributed by atoms with Crippen molar-refractivity contribution in [3.05, 3.63) is 94.0 Å². The molecule has 2 heterocycles. The molecule has 2 aromatic carbocycles. The van der Waals surface area contributed by atoms with Gasteiger partial charge in [-0.2, -0.15) is 0 Å². The van der Waals surface area contributed by atoms with Crippen LogP contribution in [-0.2, 0) is 9.59 Å². The molecule has 0 radical (unpaired) electrons. The van der Waals surface area contributed by atoms with E-state index in [0.717, 1.165) is 11.6 Å². The number of carbonyl (C=O) groups excluding carboxylic acids is 2. The van der Waals surface area contributed by atoms with Crippen LogP contribution in [0.5, 0.6) is 5.75 Å². The van der Waals surface area contributed by atoms with Crippen LogP contribution in [0.3, 0.4) is 0 Å². The minimum absolute atomic E-state index is 0.132. The molecular weight excluding hydrogens is 435 g/mol. The predicted octanol–water partition coefficient (Wildman–Crippen LogP) is 4.82. The summed E-state index contributed by atoms with van der Waals surface area (Å²) in [7, 11) is 1.44. The van der Waals surface area contributed by atoms with Gasteiger partial charge in [0.25, 0.3) is 11.7 Å². The molecule has 0 saturated carbocycles. The Bertz CT molecular complexity index is 1260. The summed E-state index contributed by atoms with van der Waals surface area (Å²) in [6, 6.07) is 11.2. The SMILES string of the molecule is COc1ccc(C)cc1/C(O)=C1\C(=O)C(=O)N(c2ccc(F)c(Cl)c2)C1c1cccnc1. The molecule has 0 aliphatic carbocycles. The molecule has 1 N–H and O–H groups in total. The second-order valence-corrected chi connectivity index (χ2v) is 7.66. The summed E-state index contributed by atoms with van der Waals surface area (Å²) in [4.78, 5) is 31.5. The van der Waals surface area contributed by atoms with Gasteiger partial charge in [-0.05, 0) is 48.9 Å². The molecule has 1 aliphatic rings. The summed E-state index contributed by atoms with van der Waals surface area (Å²) < 4.78 is 19.1. The van der Waals surface area contributed by atoms with Crippen molar-refractivity contribution in [2.24, 2.45) is 0 Å². The zero-order valence-corrected chi connectivity index (χ0v) is 17.9. The predicted molar refractivity (Wildman–Crippen MR) is 118 cm³/mol. The Hall–Kier alpha value is -3.71. The topological polar surface area (TPSA) is 79.7 Å². The van der Waals surface area contributed by atoms with E-state index in [1.54, 1.807) is 36.5 Å². The molecular formula is C24H18ClFN2O4. The Labute approximate surface area is 188 Å². The molecule has 4 rings (SSSR count). The number of rotatable bonds is 4. The first-order valence-corrected chi connectivity index (χ1v) is 10.0. The van der Waals surface area contributed by atoms with Gasteiger partial charge in [-0.3, -0.25) is 19.5 Å². The molecule has 32 heavy (non-hydrogen) atoms. The highest BCUT2D eigenvalue weighted by atomic mass is 35.5. The fraction of sp³-hybridized carbons (Fsp3) is 0.125. The maximum absolute atomic E-state index is 13.8. The molecule has 0 bridgehead atoms. The third kappa shape index (κ3) is 3.61. The van der Waals surface area contributed by atoms with E-state index in [2.05, 4.69) is 4.98 Å². The average molecular weight is 453 g/mol. The monoisotopic (exact) mass is 452 g/mol. The Balaban J connectivity index is 1.98. The van der Waals surface area contributed by atoms with Crippen LogP contribution in [0.1, 0.15) is 22.7 Å². The molecule has 1 unspecified atom stereocenters. The van der Waals surface area contributed by atoms with E-state index in [4.69, 9.17) is 16.3 Å². The van der Waals surface area contributed by atoms with Gasteiger partial charge in [-0.25, -0.2) is 4.39 Å². The number of ketones is 1. The number of hydrogen-bond donors (Lipinski definition) is 1. The first kappa shape index (κ1) is 21.5. The number of pyridine rings is 1. The van der Waals surface area contributed by atoms with E-state index in [-0.39, 0.29) is 27.6 Å². The van der Waals surface area contributed by atoms with E-state index >= 15 is 0 Å². The van der Waals surface area contributed by atoms with Crippen LogP contribution in [0.25, 0.3) is 5.76 Å². The Morgan fingerprint density at radius 1 is 1.19 bits per heavy atom. The van der Waals surface area contributed by atoms with Gasteiger partial charge in [0.2, 0.25) is 0 Å². The molecule has 1 saturated heterocycles. The Morgan fingerprint density at radius 2 is 1.97 bits per heavy atom. The van der Waals surface area contributed by atoms with Crippen molar-refractivity contribution in [1.82, 2.24) is 4.98 Å². The molecule has 3 aromatic rings. The van der Waals surface area contributed by atoms with Gasteiger partial charge in [-0.15, -0.1) is 0 Å². The number of Topliss-reactive ketones (excluding diaryl/α,β-unsaturated/α-hetero) is 1. The third-order valence-corrected chi connectivity index (χ3v) is 5.53. The van der Waals surface area contributed by atoms with Crippen molar-refractivity contribution in [3.8, 4) is 5.75 Å². The van der Waals surface area contributed by atoms with E-state index in [1.807, 2.05) is 6.92 Å². The van der Waals surface area contributed by atoms with Crippen molar-refractivity contribution in [2.45, 2.75) is 13.0 Å². The first-order valence-electron chi connectivity index (χ1n) is 9.64. The van der Waals surface area contributed by atoms with E-state index in [9.17, 15) is 19.1 Å². The third-order valence-electron chi connectivity index (χ3n) is 5.24. The van der Waals surface area contributed by atoms with Crippen LogP contribution >= 0.6 is 11.6 Å². The van der Waals surface area contributed by atoms with Gasteiger partial charge >= 0.3 is 0 Å². The summed E-state index contributed by atoms with van der Waals surface area (Å²) in [6.07, 6.45) is 3.05. The maximum Gasteiger partial charge on any atom is 0.300 e. The zero-order chi connectivity index (χ0) is 23.0. The number of aliphatic hydroxyl groups excluding tert-OH is 1. The van der Waals surface area contributed by atoms with Gasteiger partial charge in [-0.1, -0.05) is 29.3 Å². The quantitative estimate of drug-likeness (QED) is 0.349.